The van der Waals surface area contributed by atoms with E-state index in [0.717, 1.165) is 63.0 Å². The van der Waals surface area contributed by atoms with Crippen LogP contribution in [-0.2, 0) is 9.59 Å². The molecule has 142 valence electrons. The van der Waals surface area contributed by atoms with Crippen molar-refractivity contribution in [1.29, 1.82) is 0 Å². The van der Waals surface area contributed by atoms with Gasteiger partial charge in [-0.2, -0.15) is 0 Å². The zero-order valence-electron chi connectivity index (χ0n) is 15.9. The van der Waals surface area contributed by atoms with Crippen molar-refractivity contribution >= 4 is 11.9 Å². The van der Waals surface area contributed by atoms with E-state index >= 15 is 0 Å². The first-order valence-electron chi connectivity index (χ1n) is 9.77. The van der Waals surface area contributed by atoms with Crippen LogP contribution in [0.3, 0.4) is 0 Å². The van der Waals surface area contributed by atoms with Gasteiger partial charge in [-0.15, -0.1) is 0 Å². The maximum Gasteiger partial charge on any atom is 0.325 e. The van der Waals surface area contributed by atoms with Crippen molar-refractivity contribution in [3.8, 4) is 0 Å². The summed E-state index contributed by atoms with van der Waals surface area (Å²) in [5.74, 6) is 0.117. The minimum Gasteiger partial charge on any atom is -0.480 e. The molecule has 1 aromatic carbocycles. The molecule has 0 unspecified atom stereocenters. The number of rotatable bonds is 6. The second-order valence-electron chi connectivity index (χ2n) is 7.84. The molecule has 2 heterocycles. The van der Waals surface area contributed by atoms with Gasteiger partial charge in [-0.05, 0) is 75.2 Å². The van der Waals surface area contributed by atoms with Crippen molar-refractivity contribution in [3.63, 3.8) is 0 Å². The molecule has 26 heavy (non-hydrogen) atoms. The number of piperidine rings is 1. The van der Waals surface area contributed by atoms with Gasteiger partial charge in [0, 0.05) is 19.5 Å². The van der Waals surface area contributed by atoms with Crippen molar-refractivity contribution < 1.29 is 14.7 Å². The molecule has 0 bridgehead atoms. The normalized spacial score (nSPS) is 20.5. The number of carbonyl (C=O) groups excluding carboxylic acids is 1. The van der Waals surface area contributed by atoms with Crippen LogP contribution >= 0.6 is 0 Å². The number of aryl methyl sites for hydroxylation is 2. The van der Waals surface area contributed by atoms with Crippen LogP contribution in [0.15, 0.2) is 18.2 Å². The zero-order valence-corrected chi connectivity index (χ0v) is 15.9. The molecule has 0 radical (unpaired) electrons. The number of amides is 1. The lowest BCUT2D eigenvalue weighted by atomic mass is 9.91. The van der Waals surface area contributed by atoms with Crippen molar-refractivity contribution in [1.82, 2.24) is 9.80 Å². The highest BCUT2D eigenvalue weighted by atomic mass is 16.4. The third-order valence-electron chi connectivity index (χ3n) is 6.07. The van der Waals surface area contributed by atoms with E-state index in [1.165, 1.54) is 5.56 Å². The summed E-state index contributed by atoms with van der Waals surface area (Å²) in [6.45, 7) is 7.47. The highest BCUT2D eigenvalue weighted by Gasteiger charge is 2.31. The second kappa shape index (κ2) is 8.21. The van der Waals surface area contributed by atoms with E-state index in [1.54, 1.807) is 0 Å². The Hall–Kier alpha value is -1.88. The molecule has 2 aliphatic rings. The number of aliphatic carboxylic acids is 1. The van der Waals surface area contributed by atoms with Crippen LogP contribution in [0.5, 0.6) is 0 Å². The molecular weight excluding hydrogens is 328 g/mol. The van der Waals surface area contributed by atoms with Gasteiger partial charge in [-0.25, -0.2) is 0 Å². The van der Waals surface area contributed by atoms with Crippen LogP contribution in [0.2, 0.25) is 0 Å². The van der Waals surface area contributed by atoms with Gasteiger partial charge in [0.2, 0.25) is 5.91 Å². The average molecular weight is 358 g/mol. The third-order valence-corrected chi connectivity index (χ3v) is 6.07. The number of carboxylic acid groups (broad SMARTS) is 1. The zero-order chi connectivity index (χ0) is 18.7. The number of benzene rings is 1. The molecule has 1 atom stereocenters. The van der Waals surface area contributed by atoms with Gasteiger partial charge >= 0.3 is 5.97 Å². The number of hydrogen-bond acceptors (Lipinski definition) is 3. The van der Waals surface area contributed by atoms with Crippen molar-refractivity contribution in [2.24, 2.45) is 5.92 Å². The first-order chi connectivity index (χ1) is 12.5. The fourth-order valence-corrected chi connectivity index (χ4v) is 4.22. The van der Waals surface area contributed by atoms with E-state index in [4.69, 9.17) is 0 Å². The Balaban J connectivity index is 1.57. The summed E-state index contributed by atoms with van der Waals surface area (Å²) in [5.41, 5.74) is 3.20. The van der Waals surface area contributed by atoms with Crippen molar-refractivity contribution in [2.75, 3.05) is 26.2 Å². The quantitative estimate of drug-likeness (QED) is 0.849. The molecule has 2 aliphatic heterocycles. The van der Waals surface area contributed by atoms with Crippen molar-refractivity contribution in [2.45, 2.75) is 52.0 Å². The summed E-state index contributed by atoms with van der Waals surface area (Å²) in [6, 6.07) is 5.42. The molecule has 1 aromatic rings. The fourth-order valence-electron chi connectivity index (χ4n) is 4.22. The predicted octanol–water partition coefficient (Wildman–Crippen LogP) is 3.15. The number of carbonyl (C=O) groups is 2. The van der Waals surface area contributed by atoms with Gasteiger partial charge in [0.25, 0.3) is 0 Å². The number of likely N-dealkylation sites (tertiary alicyclic amines) is 2. The Bertz CT molecular complexity index is 665. The predicted molar refractivity (Wildman–Crippen MR) is 101 cm³/mol. The van der Waals surface area contributed by atoms with E-state index < -0.39 is 12.0 Å². The standard InChI is InChI=1S/C21H30N2O3/c1-15-5-6-18(14-16(15)2)20(21(25)26)23-12-8-17(9-13-23)7-11-22-10-3-4-19(22)24/h5-6,14,17,20H,3-4,7-13H2,1-2H3,(H,25,26)/t20-/m0/s1. The van der Waals surface area contributed by atoms with E-state index in [0.29, 0.717) is 18.2 Å². The van der Waals surface area contributed by atoms with Crippen LogP contribution in [0.25, 0.3) is 0 Å². The van der Waals surface area contributed by atoms with Crippen LogP contribution < -0.4 is 0 Å². The summed E-state index contributed by atoms with van der Waals surface area (Å²) in [4.78, 5) is 27.7. The lowest BCUT2D eigenvalue weighted by Crippen LogP contribution is -2.40. The summed E-state index contributed by atoms with van der Waals surface area (Å²) < 4.78 is 0. The highest BCUT2D eigenvalue weighted by Crippen LogP contribution is 2.30. The average Bonchev–Trinajstić information content (AvgIpc) is 3.02. The van der Waals surface area contributed by atoms with E-state index in [2.05, 4.69) is 4.90 Å². The van der Waals surface area contributed by atoms with Crippen LogP contribution in [-0.4, -0.2) is 53.0 Å². The van der Waals surface area contributed by atoms with Gasteiger partial charge in [0.1, 0.15) is 6.04 Å². The first-order valence-corrected chi connectivity index (χ1v) is 9.77. The summed E-state index contributed by atoms with van der Waals surface area (Å²) in [5, 5.41) is 9.80. The summed E-state index contributed by atoms with van der Waals surface area (Å²) in [7, 11) is 0. The molecule has 1 amide bonds. The molecule has 0 aromatic heterocycles. The van der Waals surface area contributed by atoms with Gasteiger partial charge in [-0.3, -0.25) is 14.5 Å². The maximum absolute atomic E-state index is 11.9. The van der Waals surface area contributed by atoms with Gasteiger partial charge in [0.15, 0.2) is 0 Å². The Labute approximate surface area is 156 Å². The SMILES string of the molecule is Cc1ccc([C@@H](C(=O)O)N2CCC(CCN3CCCC3=O)CC2)cc1C. The Morgan fingerprint density at radius 1 is 1.19 bits per heavy atom. The molecule has 5 nitrogen and oxygen atoms in total. The molecule has 2 fully saturated rings. The van der Waals surface area contributed by atoms with Crippen LogP contribution in [0.4, 0.5) is 0 Å². The number of carboxylic acids is 1. The molecule has 0 saturated carbocycles. The summed E-state index contributed by atoms with van der Waals surface area (Å²) >= 11 is 0. The molecular formula is C21H30N2O3. The Morgan fingerprint density at radius 2 is 1.92 bits per heavy atom. The number of hydrogen-bond donors (Lipinski definition) is 1. The topological polar surface area (TPSA) is 60.9 Å². The molecule has 5 heteroatoms. The second-order valence-corrected chi connectivity index (χ2v) is 7.84. The largest absolute Gasteiger partial charge is 0.480 e. The molecule has 0 aliphatic carbocycles. The maximum atomic E-state index is 11.9. The monoisotopic (exact) mass is 358 g/mol. The van der Waals surface area contributed by atoms with Gasteiger partial charge < -0.3 is 10.0 Å². The minimum absolute atomic E-state index is 0.295. The van der Waals surface area contributed by atoms with E-state index in [-0.39, 0.29) is 0 Å². The molecule has 0 spiro atoms. The van der Waals surface area contributed by atoms with E-state index in [9.17, 15) is 14.7 Å². The minimum atomic E-state index is -0.769. The van der Waals surface area contributed by atoms with Crippen molar-refractivity contribution in [3.05, 3.63) is 34.9 Å². The Kier molecular flexibility index (Phi) is 5.97. The Morgan fingerprint density at radius 3 is 2.50 bits per heavy atom. The van der Waals surface area contributed by atoms with Crippen LogP contribution in [0, 0.1) is 19.8 Å². The molecule has 3 rings (SSSR count). The van der Waals surface area contributed by atoms with Gasteiger partial charge in [-0.1, -0.05) is 18.2 Å². The molecule has 2 saturated heterocycles. The van der Waals surface area contributed by atoms with Gasteiger partial charge in [0.05, 0.1) is 0 Å². The van der Waals surface area contributed by atoms with Crippen LogP contribution in [0.1, 0.15) is 54.8 Å². The van der Waals surface area contributed by atoms with E-state index in [1.807, 2.05) is 36.9 Å². The smallest absolute Gasteiger partial charge is 0.325 e. The first kappa shape index (κ1) is 18.9. The molecule has 1 N–H and O–H groups in total. The number of nitrogens with zero attached hydrogens (tertiary/aromatic N) is 2. The third kappa shape index (κ3) is 4.26. The summed E-state index contributed by atoms with van der Waals surface area (Å²) in [6.07, 6.45) is 4.76. The lowest BCUT2D eigenvalue weighted by Gasteiger charge is -2.36. The fraction of sp³-hybridized carbons (Fsp3) is 0.619. The lowest BCUT2D eigenvalue weighted by molar-refractivity contribution is -0.144. The highest BCUT2D eigenvalue weighted by molar-refractivity contribution is 5.78.